The second-order valence-corrected chi connectivity index (χ2v) is 6.12. The number of hydrogen-bond acceptors (Lipinski definition) is 4. The van der Waals surface area contributed by atoms with E-state index in [9.17, 15) is 14.7 Å². The maximum atomic E-state index is 12.0. The number of rotatable bonds is 11. The average Bonchev–Trinajstić information content (AvgIpc) is 2.53. The minimum atomic E-state index is -1.15. The van der Waals surface area contributed by atoms with Crippen molar-refractivity contribution in [2.75, 3.05) is 6.61 Å². The molecule has 0 aromatic heterocycles. The Labute approximate surface area is 162 Å². The summed E-state index contributed by atoms with van der Waals surface area (Å²) >= 11 is 0. The summed E-state index contributed by atoms with van der Waals surface area (Å²) in [5, 5.41) is 11.0. The van der Waals surface area contributed by atoms with E-state index in [1.165, 1.54) is 38.5 Å². The number of unbranched alkanes of at least 4 members (excludes halogenated alkanes) is 7. The number of ether oxygens (including phenoxy) is 1. The topological polar surface area (TPSA) is 66.4 Å². The maximum absolute atomic E-state index is 12.0. The largest absolute Gasteiger partial charge is 1.00 e. The standard InChI is InChI=1S/C18H30O4.Na/c1-2-3-4-5-6-7-8-11-14-22-18(21)16-13-10-9-12-15(16)17(19)20;/h9-10,15-16H,2-8,11-14H2,1H3,(H,19,20);/q;+1/p-1. The molecule has 1 aliphatic rings. The van der Waals surface area contributed by atoms with Crippen molar-refractivity contribution in [1.29, 1.82) is 0 Å². The van der Waals surface area contributed by atoms with Gasteiger partial charge in [-0.1, -0.05) is 64.0 Å². The molecule has 0 fully saturated rings. The fraction of sp³-hybridized carbons (Fsp3) is 0.778. The van der Waals surface area contributed by atoms with E-state index < -0.39 is 17.8 Å². The zero-order chi connectivity index (χ0) is 16.2. The molecule has 0 aromatic rings. The molecule has 0 N–H and O–H groups in total. The SMILES string of the molecule is CCCCCCCCCCOC(=O)C1CC=CCC1C(=O)[O-].[Na+]. The second-order valence-electron chi connectivity index (χ2n) is 6.12. The Morgan fingerprint density at radius 3 is 2.04 bits per heavy atom. The van der Waals surface area contributed by atoms with Gasteiger partial charge in [-0.25, -0.2) is 0 Å². The van der Waals surface area contributed by atoms with Gasteiger partial charge in [-0.3, -0.25) is 4.79 Å². The van der Waals surface area contributed by atoms with E-state index in [-0.39, 0.29) is 35.5 Å². The molecule has 0 saturated heterocycles. The molecule has 4 nitrogen and oxygen atoms in total. The molecule has 0 saturated carbocycles. The number of hydrogen-bond donors (Lipinski definition) is 0. The first-order valence-corrected chi connectivity index (χ1v) is 8.69. The van der Waals surface area contributed by atoms with Crippen molar-refractivity contribution in [2.24, 2.45) is 11.8 Å². The number of carboxylic acids is 1. The van der Waals surface area contributed by atoms with Gasteiger partial charge in [0.25, 0.3) is 0 Å². The van der Waals surface area contributed by atoms with Crippen molar-refractivity contribution in [2.45, 2.75) is 71.1 Å². The molecule has 2 unspecified atom stereocenters. The molecule has 0 heterocycles. The Bertz CT molecular complexity index is 368. The van der Waals surface area contributed by atoms with E-state index in [1.54, 1.807) is 6.08 Å². The van der Waals surface area contributed by atoms with Crippen LogP contribution in [0.4, 0.5) is 0 Å². The smallest absolute Gasteiger partial charge is 0.550 e. The van der Waals surface area contributed by atoms with Gasteiger partial charge >= 0.3 is 35.5 Å². The van der Waals surface area contributed by atoms with Gasteiger partial charge in [0, 0.05) is 11.9 Å². The molecule has 1 aliphatic carbocycles. The van der Waals surface area contributed by atoms with Gasteiger partial charge in [0.05, 0.1) is 12.5 Å². The van der Waals surface area contributed by atoms with Crippen LogP contribution >= 0.6 is 0 Å². The van der Waals surface area contributed by atoms with E-state index in [2.05, 4.69) is 6.92 Å². The summed E-state index contributed by atoms with van der Waals surface area (Å²) in [6, 6.07) is 0. The number of allylic oxidation sites excluding steroid dienone is 2. The van der Waals surface area contributed by atoms with Crippen molar-refractivity contribution in [3.05, 3.63) is 12.2 Å². The van der Waals surface area contributed by atoms with Crippen LogP contribution in [0.1, 0.15) is 71.1 Å². The Morgan fingerprint density at radius 2 is 1.48 bits per heavy atom. The molecule has 0 spiro atoms. The molecule has 0 bridgehead atoms. The molecular weight excluding hydrogens is 303 g/mol. The molecule has 2 atom stereocenters. The minimum absolute atomic E-state index is 0. The molecule has 23 heavy (non-hydrogen) atoms. The summed E-state index contributed by atoms with van der Waals surface area (Å²) in [4.78, 5) is 23.0. The summed E-state index contributed by atoms with van der Waals surface area (Å²) in [7, 11) is 0. The first-order chi connectivity index (χ1) is 10.7. The van der Waals surface area contributed by atoms with Gasteiger partial charge in [0.1, 0.15) is 0 Å². The Hall–Kier alpha value is -0.320. The Balaban J connectivity index is 0.00000484. The molecule has 126 valence electrons. The van der Waals surface area contributed by atoms with Crippen molar-refractivity contribution in [1.82, 2.24) is 0 Å². The fourth-order valence-corrected chi connectivity index (χ4v) is 2.85. The molecule has 0 aliphatic heterocycles. The van der Waals surface area contributed by atoms with E-state index in [4.69, 9.17) is 4.74 Å². The number of carbonyl (C=O) groups excluding carboxylic acids is 2. The molecule has 0 amide bonds. The Morgan fingerprint density at radius 1 is 0.957 bits per heavy atom. The minimum Gasteiger partial charge on any atom is -0.550 e. The molecule has 0 radical (unpaired) electrons. The van der Waals surface area contributed by atoms with Crippen molar-refractivity contribution in [3.8, 4) is 0 Å². The van der Waals surface area contributed by atoms with Crippen LogP contribution in [-0.2, 0) is 14.3 Å². The van der Waals surface area contributed by atoms with Crippen LogP contribution in [-0.4, -0.2) is 18.5 Å². The number of esters is 1. The van der Waals surface area contributed by atoms with Crippen molar-refractivity contribution < 1.29 is 49.0 Å². The third-order valence-electron chi connectivity index (χ3n) is 4.28. The van der Waals surface area contributed by atoms with Gasteiger partial charge in [0.2, 0.25) is 0 Å². The maximum Gasteiger partial charge on any atom is 1.00 e. The fourth-order valence-electron chi connectivity index (χ4n) is 2.85. The van der Waals surface area contributed by atoms with Gasteiger partial charge < -0.3 is 14.6 Å². The van der Waals surface area contributed by atoms with Crippen LogP contribution in [0.15, 0.2) is 12.2 Å². The summed E-state index contributed by atoms with van der Waals surface area (Å²) < 4.78 is 5.24. The van der Waals surface area contributed by atoms with Crippen LogP contribution in [0, 0.1) is 11.8 Å². The number of aliphatic carboxylic acids is 1. The van der Waals surface area contributed by atoms with Crippen LogP contribution < -0.4 is 34.7 Å². The van der Waals surface area contributed by atoms with Gasteiger partial charge in [-0.2, -0.15) is 0 Å². The third kappa shape index (κ3) is 9.53. The van der Waals surface area contributed by atoms with E-state index in [0.29, 0.717) is 19.4 Å². The molecule has 1 rings (SSSR count). The zero-order valence-corrected chi connectivity index (χ0v) is 16.7. The first-order valence-electron chi connectivity index (χ1n) is 8.69. The monoisotopic (exact) mass is 332 g/mol. The normalized spacial score (nSPS) is 19.9. The number of carboxylic acid groups (broad SMARTS) is 1. The third-order valence-corrected chi connectivity index (χ3v) is 4.28. The molecule has 5 heteroatoms. The van der Waals surface area contributed by atoms with E-state index >= 15 is 0 Å². The number of carbonyl (C=O) groups is 2. The quantitative estimate of drug-likeness (QED) is 0.231. The average molecular weight is 332 g/mol. The van der Waals surface area contributed by atoms with Gasteiger partial charge in [0.15, 0.2) is 0 Å². The van der Waals surface area contributed by atoms with Crippen LogP contribution in [0.2, 0.25) is 0 Å². The second kappa shape index (κ2) is 14.1. The zero-order valence-electron chi connectivity index (χ0n) is 14.7. The van der Waals surface area contributed by atoms with E-state index in [0.717, 1.165) is 12.8 Å². The van der Waals surface area contributed by atoms with Crippen LogP contribution in [0.3, 0.4) is 0 Å². The van der Waals surface area contributed by atoms with Crippen molar-refractivity contribution in [3.63, 3.8) is 0 Å². The van der Waals surface area contributed by atoms with Crippen molar-refractivity contribution >= 4 is 11.9 Å². The summed E-state index contributed by atoms with van der Waals surface area (Å²) in [5.41, 5.74) is 0. The van der Waals surface area contributed by atoms with Gasteiger partial charge in [-0.05, 0) is 19.3 Å². The van der Waals surface area contributed by atoms with Gasteiger partial charge in [-0.15, -0.1) is 0 Å². The predicted octanol–water partition coefficient (Wildman–Crippen LogP) is 0.00660. The van der Waals surface area contributed by atoms with Crippen LogP contribution in [0.5, 0.6) is 0 Å². The first kappa shape index (κ1) is 22.7. The summed E-state index contributed by atoms with van der Waals surface area (Å²) in [5.74, 6) is -2.86. The van der Waals surface area contributed by atoms with E-state index in [1.807, 2.05) is 6.08 Å². The Kier molecular flexibility index (Phi) is 13.9. The molecular formula is C18H29NaO4. The summed E-state index contributed by atoms with van der Waals surface area (Å²) in [6.07, 6.45) is 14.0. The van der Waals surface area contributed by atoms with Crippen LogP contribution in [0.25, 0.3) is 0 Å². The predicted molar refractivity (Wildman–Crippen MR) is 83.9 cm³/mol. The summed E-state index contributed by atoms with van der Waals surface area (Å²) in [6.45, 7) is 2.61. The molecule has 0 aromatic carbocycles.